The third kappa shape index (κ3) is 8.00. The lowest BCUT2D eigenvalue weighted by Crippen LogP contribution is -2.42. The number of ketones is 1. The van der Waals surface area contributed by atoms with Crippen molar-refractivity contribution in [3.63, 3.8) is 0 Å². The number of Topliss-reactive ketones (excluding diaryl/α,β-unsaturated/α-hetero) is 1. The van der Waals surface area contributed by atoms with E-state index in [9.17, 15) is 9.59 Å². The molecule has 5 unspecified atom stereocenters. The number of para-hydroxylation sites is 1. The number of fused-ring (bicyclic) bond motifs is 2. The van der Waals surface area contributed by atoms with E-state index in [0.29, 0.717) is 23.8 Å². The molecule has 0 radical (unpaired) electrons. The summed E-state index contributed by atoms with van der Waals surface area (Å²) in [5.74, 6) is 0.740. The number of hydrogen-bond acceptors (Lipinski definition) is 6. The summed E-state index contributed by atoms with van der Waals surface area (Å²) >= 11 is 1.80. The zero-order valence-corrected chi connectivity index (χ0v) is 22.2. The van der Waals surface area contributed by atoms with Gasteiger partial charge >= 0.3 is 0 Å². The standard InChI is InChI=1S/C20H24N2O2S.C5H11NO.C2H6/c1-12(2)10-16(13(3)23)22-20(24)14-8-9-19-17(11-14)21-15-6-4-5-7-18(15)25-19;1-4-2-3-7-5(4)6;1-2/h4-9,11-12,16-17,19,21H,10H2,1-3H3,(H,22,24);4-5H,2-3,6H2,1H3;1-2H3. The molecule has 2 aliphatic heterocycles. The molecule has 0 aromatic heterocycles. The lowest BCUT2D eigenvalue weighted by molar-refractivity contribution is -0.125. The van der Waals surface area contributed by atoms with E-state index < -0.39 is 6.04 Å². The number of rotatable bonds is 5. The molecule has 2 heterocycles. The van der Waals surface area contributed by atoms with Gasteiger partial charge in [0.05, 0.1) is 17.3 Å². The van der Waals surface area contributed by atoms with Crippen molar-refractivity contribution in [1.82, 2.24) is 5.32 Å². The van der Waals surface area contributed by atoms with Gasteiger partial charge in [-0.3, -0.25) is 9.59 Å². The van der Waals surface area contributed by atoms with Crippen molar-refractivity contribution < 1.29 is 14.3 Å². The Morgan fingerprint density at radius 3 is 2.53 bits per heavy atom. The number of ether oxygens (including phenoxy) is 1. The monoisotopic (exact) mass is 487 g/mol. The van der Waals surface area contributed by atoms with E-state index in [1.165, 1.54) is 11.8 Å². The molecule has 0 saturated carbocycles. The average molecular weight is 488 g/mol. The topological polar surface area (TPSA) is 93.5 Å². The number of hydrogen-bond donors (Lipinski definition) is 3. The van der Waals surface area contributed by atoms with Gasteiger partial charge in [0.2, 0.25) is 0 Å². The van der Waals surface area contributed by atoms with Crippen LogP contribution in [0.3, 0.4) is 0 Å². The highest BCUT2D eigenvalue weighted by molar-refractivity contribution is 8.00. The minimum Gasteiger partial charge on any atom is -0.376 e. The molecule has 1 fully saturated rings. The average Bonchev–Trinajstić information content (AvgIpc) is 3.20. The summed E-state index contributed by atoms with van der Waals surface area (Å²) < 4.78 is 5.04. The van der Waals surface area contributed by atoms with E-state index in [-0.39, 0.29) is 29.2 Å². The molecule has 188 valence electrons. The maximum atomic E-state index is 12.6. The van der Waals surface area contributed by atoms with Gasteiger partial charge in [-0.1, -0.05) is 58.9 Å². The SMILES string of the molecule is CC.CC(=O)C(CC(C)C)NC(=O)C1=CC2Nc3ccccc3SC2C=C1.CC1CCOC1N. The number of benzene rings is 1. The van der Waals surface area contributed by atoms with Crippen LogP contribution >= 0.6 is 11.8 Å². The number of carbonyl (C=O) groups is 2. The fourth-order valence-electron chi connectivity index (χ4n) is 3.82. The molecule has 4 rings (SSSR count). The van der Waals surface area contributed by atoms with Crippen molar-refractivity contribution >= 4 is 29.1 Å². The van der Waals surface area contributed by atoms with Gasteiger partial charge in [-0.15, -0.1) is 11.8 Å². The van der Waals surface area contributed by atoms with Crippen molar-refractivity contribution in [2.45, 2.75) is 82.8 Å². The van der Waals surface area contributed by atoms with E-state index in [0.717, 1.165) is 18.7 Å². The van der Waals surface area contributed by atoms with E-state index in [4.69, 9.17) is 10.5 Å². The summed E-state index contributed by atoms with van der Waals surface area (Å²) in [4.78, 5) is 25.6. The lowest BCUT2D eigenvalue weighted by atomic mass is 9.98. The Bertz CT molecular complexity index is 876. The molecule has 5 atom stereocenters. The van der Waals surface area contributed by atoms with Crippen LogP contribution < -0.4 is 16.4 Å². The van der Waals surface area contributed by atoms with Gasteiger partial charge in [-0.2, -0.15) is 0 Å². The van der Waals surface area contributed by atoms with Crippen LogP contribution in [0.5, 0.6) is 0 Å². The quantitative estimate of drug-likeness (QED) is 0.546. The largest absolute Gasteiger partial charge is 0.376 e. The first kappa shape index (κ1) is 28.1. The molecule has 1 amide bonds. The predicted molar refractivity (Wildman–Crippen MR) is 142 cm³/mol. The fraction of sp³-hybridized carbons (Fsp3) is 0.556. The smallest absolute Gasteiger partial charge is 0.251 e. The molecule has 3 aliphatic rings. The molecule has 0 bridgehead atoms. The van der Waals surface area contributed by atoms with Crippen LogP contribution in [0, 0.1) is 11.8 Å². The fourth-order valence-corrected chi connectivity index (χ4v) is 4.98. The molecule has 1 saturated heterocycles. The Kier molecular flexibility index (Phi) is 11.4. The third-order valence-electron chi connectivity index (χ3n) is 5.86. The van der Waals surface area contributed by atoms with E-state index in [1.807, 2.05) is 52.0 Å². The van der Waals surface area contributed by atoms with Gasteiger partial charge in [-0.05, 0) is 49.8 Å². The Balaban J connectivity index is 0.000000384. The Labute approximate surface area is 209 Å². The van der Waals surface area contributed by atoms with E-state index in [2.05, 4.69) is 35.8 Å². The van der Waals surface area contributed by atoms with Crippen LogP contribution in [-0.2, 0) is 14.3 Å². The lowest BCUT2D eigenvalue weighted by Gasteiger charge is -2.33. The second-order valence-electron chi connectivity index (χ2n) is 9.10. The number of nitrogens with two attached hydrogens (primary N) is 1. The Morgan fingerprint density at radius 1 is 1.26 bits per heavy atom. The highest BCUT2D eigenvalue weighted by atomic mass is 32.2. The minimum atomic E-state index is -0.422. The van der Waals surface area contributed by atoms with Gasteiger partial charge in [0, 0.05) is 22.8 Å². The molecular formula is C27H41N3O3S. The van der Waals surface area contributed by atoms with Gasteiger partial charge in [-0.25, -0.2) is 0 Å². The van der Waals surface area contributed by atoms with Crippen LogP contribution in [0.2, 0.25) is 0 Å². The summed E-state index contributed by atoms with van der Waals surface area (Å²) in [6, 6.07) is 7.85. The molecule has 1 aromatic rings. The maximum absolute atomic E-state index is 12.6. The molecule has 1 aliphatic carbocycles. The first-order valence-electron chi connectivity index (χ1n) is 12.3. The van der Waals surface area contributed by atoms with Crippen molar-refractivity contribution in [2.75, 3.05) is 11.9 Å². The first-order valence-corrected chi connectivity index (χ1v) is 13.2. The summed E-state index contributed by atoms with van der Waals surface area (Å²) in [7, 11) is 0. The second-order valence-corrected chi connectivity index (χ2v) is 10.3. The maximum Gasteiger partial charge on any atom is 0.251 e. The summed E-state index contributed by atoms with van der Waals surface area (Å²) in [5.41, 5.74) is 7.17. The highest BCUT2D eigenvalue weighted by Gasteiger charge is 2.29. The van der Waals surface area contributed by atoms with Crippen molar-refractivity contribution in [3.05, 3.63) is 48.1 Å². The van der Waals surface area contributed by atoms with Gasteiger partial charge in [0.25, 0.3) is 5.91 Å². The second kappa shape index (κ2) is 13.7. The first-order chi connectivity index (χ1) is 16.2. The molecular weight excluding hydrogens is 446 g/mol. The molecule has 4 N–H and O–H groups in total. The molecule has 1 aromatic carbocycles. The summed E-state index contributed by atoms with van der Waals surface area (Å²) in [5, 5.41) is 6.66. The van der Waals surface area contributed by atoms with E-state index in [1.54, 1.807) is 11.8 Å². The number of anilines is 1. The zero-order valence-electron chi connectivity index (χ0n) is 21.3. The molecule has 6 nitrogen and oxygen atoms in total. The van der Waals surface area contributed by atoms with Crippen molar-refractivity contribution in [1.29, 1.82) is 0 Å². The molecule has 0 spiro atoms. The van der Waals surface area contributed by atoms with Crippen LogP contribution in [0.15, 0.2) is 53.0 Å². The minimum absolute atomic E-state index is 0.000546. The normalized spacial score (nSPS) is 25.2. The van der Waals surface area contributed by atoms with E-state index >= 15 is 0 Å². The van der Waals surface area contributed by atoms with Gasteiger partial charge in [0.1, 0.15) is 6.23 Å². The van der Waals surface area contributed by atoms with Crippen molar-refractivity contribution in [3.8, 4) is 0 Å². The van der Waals surface area contributed by atoms with Gasteiger partial charge in [0.15, 0.2) is 5.78 Å². The Morgan fingerprint density at radius 2 is 1.97 bits per heavy atom. The number of amides is 1. The van der Waals surface area contributed by atoms with Crippen LogP contribution in [0.25, 0.3) is 0 Å². The predicted octanol–water partition coefficient (Wildman–Crippen LogP) is 4.91. The summed E-state index contributed by atoms with van der Waals surface area (Å²) in [6.07, 6.45) is 7.70. The summed E-state index contributed by atoms with van der Waals surface area (Å²) in [6.45, 7) is 12.6. The van der Waals surface area contributed by atoms with Crippen LogP contribution in [0.4, 0.5) is 5.69 Å². The highest BCUT2D eigenvalue weighted by Crippen LogP contribution is 2.40. The van der Waals surface area contributed by atoms with Crippen molar-refractivity contribution in [2.24, 2.45) is 17.6 Å². The van der Waals surface area contributed by atoms with Crippen LogP contribution in [-0.4, -0.2) is 41.9 Å². The number of carbonyl (C=O) groups excluding carboxylic acids is 2. The zero-order chi connectivity index (χ0) is 25.3. The molecule has 7 heteroatoms. The molecule has 34 heavy (non-hydrogen) atoms. The number of nitrogens with one attached hydrogen (secondary N) is 2. The number of thioether (sulfide) groups is 1. The third-order valence-corrected chi connectivity index (χ3v) is 7.19. The van der Waals surface area contributed by atoms with Crippen LogP contribution in [0.1, 0.15) is 54.4 Å². The van der Waals surface area contributed by atoms with Gasteiger partial charge < -0.3 is 21.1 Å². The Hall–Kier alpha value is -2.09.